The number of carbonyl (C=O) groups is 1. The van der Waals surface area contributed by atoms with Gasteiger partial charge in [0.1, 0.15) is 12.4 Å². The first-order chi connectivity index (χ1) is 17.0. The van der Waals surface area contributed by atoms with Crippen molar-refractivity contribution in [1.29, 1.82) is 0 Å². The van der Waals surface area contributed by atoms with Crippen LogP contribution in [0.5, 0.6) is 17.2 Å². The highest BCUT2D eigenvalue weighted by Gasteiger charge is 2.14. The normalized spacial score (nSPS) is 14.3. The van der Waals surface area contributed by atoms with E-state index in [0.717, 1.165) is 48.6 Å². The molecule has 1 saturated heterocycles. The molecular weight excluding hydrogens is 440 g/mol. The second-order valence-electron chi connectivity index (χ2n) is 8.75. The van der Waals surface area contributed by atoms with Gasteiger partial charge in [-0.2, -0.15) is 0 Å². The molecule has 1 aliphatic heterocycles. The van der Waals surface area contributed by atoms with E-state index >= 15 is 0 Å². The highest BCUT2D eigenvalue weighted by molar-refractivity contribution is 5.95. The van der Waals surface area contributed by atoms with E-state index in [9.17, 15) is 9.90 Å². The molecule has 6 heteroatoms. The zero-order valence-electron chi connectivity index (χ0n) is 20.3. The van der Waals surface area contributed by atoms with Gasteiger partial charge < -0.3 is 24.4 Å². The molecule has 0 aromatic heterocycles. The summed E-state index contributed by atoms with van der Waals surface area (Å²) in [5.74, 6) is 1.23. The second kappa shape index (κ2) is 11.6. The highest BCUT2D eigenvalue weighted by atomic mass is 16.5. The van der Waals surface area contributed by atoms with Crippen LogP contribution in [0.3, 0.4) is 0 Å². The summed E-state index contributed by atoms with van der Waals surface area (Å²) in [7, 11) is 3.65. The highest BCUT2D eigenvalue weighted by Crippen LogP contribution is 2.27. The van der Waals surface area contributed by atoms with Crippen molar-refractivity contribution in [2.75, 3.05) is 45.2 Å². The summed E-state index contributed by atoms with van der Waals surface area (Å²) in [6.07, 6.45) is 3.51. The summed E-state index contributed by atoms with van der Waals surface area (Å²) in [6.45, 7) is 4.61. The zero-order chi connectivity index (χ0) is 24.6. The van der Waals surface area contributed by atoms with Gasteiger partial charge in [0, 0.05) is 38.3 Å². The molecule has 0 spiro atoms. The smallest absolute Gasteiger partial charge is 0.160 e. The van der Waals surface area contributed by atoms with Crippen molar-refractivity contribution in [3.8, 4) is 17.2 Å². The summed E-state index contributed by atoms with van der Waals surface area (Å²) in [6, 6.07) is 21.1. The van der Waals surface area contributed by atoms with Gasteiger partial charge in [0.2, 0.25) is 0 Å². The molecule has 35 heavy (non-hydrogen) atoms. The lowest BCUT2D eigenvalue weighted by Gasteiger charge is -2.34. The van der Waals surface area contributed by atoms with E-state index in [0.29, 0.717) is 12.4 Å². The minimum Gasteiger partial charge on any atom is -0.504 e. The van der Waals surface area contributed by atoms with Gasteiger partial charge in [-0.15, -0.1) is 0 Å². The van der Waals surface area contributed by atoms with Crippen LogP contribution in [-0.2, 0) is 17.8 Å². The lowest BCUT2D eigenvalue weighted by Crippen LogP contribution is -2.44. The molecule has 3 aromatic rings. The van der Waals surface area contributed by atoms with Crippen LogP contribution in [0.25, 0.3) is 6.08 Å². The van der Waals surface area contributed by atoms with E-state index in [4.69, 9.17) is 9.47 Å². The van der Waals surface area contributed by atoms with E-state index in [2.05, 4.69) is 29.0 Å². The van der Waals surface area contributed by atoms with Gasteiger partial charge in [-0.05, 0) is 66.2 Å². The van der Waals surface area contributed by atoms with Gasteiger partial charge >= 0.3 is 0 Å². The summed E-state index contributed by atoms with van der Waals surface area (Å²) < 4.78 is 11.1. The molecule has 1 N–H and O–H groups in total. The molecule has 0 bridgehead atoms. The third-order valence-corrected chi connectivity index (χ3v) is 6.25. The predicted octanol–water partition coefficient (Wildman–Crippen LogP) is 4.56. The number of rotatable bonds is 9. The SMILES string of the molecule is COc1ccc(/C=C/C(=O)Cc2ccccc2COc2ccc(N3CCN(C)CC3)cc2)cc1O. The van der Waals surface area contributed by atoms with Crippen molar-refractivity contribution in [1.82, 2.24) is 4.90 Å². The zero-order valence-corrected chi connectivity index (χ0v) is 20.3. The number of hydrogen-bond acceptors (Lipinski definition) is 6. The standard InChI is InChI=1S/C29H32N2O4/c1-30-15-17-31(18-16-30)25-9-12-27(13-10-25)35-21-24-6-4-3-5-23(24)20-26(32)11-7-22-8-14-29(34-2)28(33)19-22/h3-14,19,33H,15-18,20-21H2,1-2H3/b11-7+. The molecule has 3 aromatic carbocycles. The molecule has 1 heterocycles. The van der Waals surface area contributed by atoms with Crippen molar-refractivity contribution >= 4 is 17.5 Å². The third-order valence-electron chi connectivity index (χ3n) is 6.25. The van der Waals surface area contributed by atoms with Gasteiger partial charge in [-0.1, -0.05) is 36.4 Å². The Morgan fingerprint density at radius 2 is 1.69 bits per heavy atom. The lowest BCUT2D eigenvalue weighted by atomic mass is 10.0. The number of phenols is 1. The summed E-state index contributed by atoms with van der Waals surface area (Å²) >= 11 is 0. The molecule has 4 rings (SSSR count). The van der Waals surface area contributed by atoms with Crippen LogP contribution < -0.4 is 14.4 Å². The number of anilines is 1. The molecular formula is C29H32N2O4. The number of piperazine rings is 1. The van der Waals surface area contributed by atoms with Gasteiger partial charge in [-0.25, -0.2) is 0 Å². The van der Waals surface area contributed by atoms with Gasteiger partial charge in [-0.3, -0.25) is 4.79 Å². The quantitative estimate of drug-likeness (QED) is 0.461. The van der Waals surface area contributed by atoms with Crippen molar-refractivity contribution in [2.45, 2.75) is 13.0 Å². The van der Waals surface area contributed by atoms with Crippen LogP contribution in [0.1, 0.15) is 16.7 Å². The Bertz CT molecular complexity index is 1170. The van der Waals surface area contributed by atoms with E-state index < -0.39 is 0 Å². The topological polar surface area (TPSA) is 62.2 Å². The first-order valence-corrected chi connectivity index (χ1v) is 11.8. The Kier molecular flexibility index (Phi) is 8.06. The van der Waals surface area contributed by atoms with Crippen LogP contribution in [0.2, 0.25) is 0 Å². The minimum atomic E-state index is -0.0238. The van der Waals surface area contributed by atoms with Crippen LogP contribution in [0, 0.1) is 0 Å². The number of nitrogens with zero attached hydrogens (tertiary/aromatic N) is 2. The number of aromatic hydroxyl groups is 1. The number of ketones is 1. The number of methoxy groups -OCH3 is 1. The summed E-state index contributed by atoms with van der Waals surface area (Å²) in [4.78, 5) is 17.3. The Morgan fingerprint density at radius 1 is 0.971 bits per heavy atom. The molecule has 0 unspecified atom stereocenters. The third kappa shape index (κ3) is 6.64. The lowest BCUT2D eigenvalue weighted by molar-refractivity contribution is -0.113. The van der Waals surface area contributed by atoms with Gasteiger partial charge in [0.05, 0.1) is 7.11 Å². The van der Waals surface area contributed by atoms with E-state index in [-0.39, 0.29) is 18.0 Å². The first-order valence-electron chi connectivity index (χ1n) is 11.8. The largest absolute Gasteiger partial charge is 0.504 e. The Morgan fingerprint density at radius 3 is 2.37 bits per heavy atom. The number of likely N-dealkylation sites (N-methyl/N-ethyl adjacent to an activating group) is 1. The van der Waals surface area contributed by atoms with Crippen LogP contribution >= 0.6 is 0 Å². The number of ether oxygens (including phenoxy) is 2. The maximum atomic E-state index is 12.6. The Labute approximate surface area is 207 Å². The van der Waals surface area contributed by atoms with Crippen molar-refractivity contribution < 1.29 is 19.4 Å². The molecule has 182 valence electrons. The number of hydrogen-bond donors (Lipinski definition) is 1. The molecule has 1 aliphatic rings. The van der Waals surface area contributed by atoms with Crippen LogP contribution in [0.15, 0.2) is 72.8 Å². The van der Waals surface area contributed by atoms with Gasteiger partial charge in [0.25, 0.3) is 0 Å². The fraction of sp³-hybridized carbons (Fsp3) is 0.276. The molecule has 0 saturated carbocycles. The van der Waals surface area contributed by atoms with Crippen molar-refractivity contribution in [3.63, 3.8) is 0 Å². The number of allylic oxidation sites excluding steroid dienone is 1. The molecule has 1 fully saturated rings. The molecule has 0 amide bonds. The maximum absolute atomic E-state index is 12.6. The molecule has 0 atom stereocenters. The van der Waals surface area contributed by atoms with Crippen molar-refractivity contribution in [3.05, 3.63) is 89.5 Å². The number of benzene rings is 3. The Hall–Kier alpha value is -3.77. The molecule has 0 radical (unpaired) electrons. The van der Waals surface area contributed by atoms with E-state index in [1.807, 2.05) is 36.4 Å². The minimum absolute atomic E-state index is 0.0238. The van der Waals surface area contributed by atoms with E-state index in [1.165, 1.54) is 18.9 Å². The number of phenolic OH excluding ortho intramolecular Hbond substituents is 1. The summed E-state index contributed by atoms with van der Waals surface area (Å²) in [5, 5.41) is 9.91. The van der Waals surface area contributed by atoms with E-state index in [1.54, 1.807) is 24.3 Å². The van der Waals surface area contributed by atoms with Crippen molar-refractivity contribution in [2.24, 2.45) is 0 Å². The average Bonchev–Trinajstić information content (AvgIpc) is 2.88. The fourth-order valence-electron chi connectivity index (χ4n) is 4.10. The number of carbonyl (C=O) groups excluding carboxylic acids is 1. The van der Waals surface area contributed by atoms with Gasteiger partial charge in [0.15, 0.2) is 17.3 Å². The van der Waals surface area contributed by atoms with Crippen LogP contribution in [0.4, 0.5) is 5.69 Å². The summed E-state index contributed by atoms with van der Waals surface area (Å²) in [5.41, 5.74) is 3.87. The maximum Gasteiger partial charge on any atom is 0.160 e. The fourth-order valence-corrected chi connectivity index (χ4v) is 4.10. The molecule has 6 nitrogen and oxygen atoms in total. The van der Waals surface area contributed by atoms with Crippen LogP contribution in [-0.4, -0.2) is 56.1 Å². The average molecular weight is 473 g/mol. The second-order valence-corrected chi connectivity index (χ2v) is 8.75. The Balaban J connectivity index is 1.34. The monoisotopic (exact) mass is 472 g/mol. The first kappa shape index (κ1) is 24.4. The molecule has 0 aliphatic carbocycles. The predicted molar refractivity (Wildman–Crippen MR) is 139 cm³/mol.